The highest BCUT2D eigenvalue weighted by atomic mass is 32.2. The number of aliphatic hydroxyl groups is 1. The van der Waals surface area contributed by atoms with Crippen LogP contribution in [0.3, 0.4) is 0 Å². The number of nitrogens with one attached hydrogen (secondary N) is 6. The molecule has 31 heteroatoms. The maximum absolute atomic E-state index is 13.2. The van der Waals surface area contributed by atoms with Crippen molar-refractivity contribution in [3.05, 3.63) is 24.3 Å². The zero-order valence-corrected chi connectivity index (χ0v) is 77.0. The largest absolute Gasteiger partial charge is 0.472 e. The molecule has 694 valence electrons. The van der Waals surface area contributed by atoms with Crippen LogP contribution in [-0.4, -0.2) is 180 Å². The fourth-order valence-corrected chi connectivity index (χ4v) is 19.9. The first-order chi connectivity index (χ1) is 58.2. The summed E-state index contributed by atoms with van der Waals surface area (Å²) in [5.74, 6) is -0.289. The van der Waals surface area contributed by atoms with Crippen molar-refractivity contribution < 1.29 is 99.4 Å². The number of hydrogen-bond donors (Lipinski definition) is 9. The monoisotopic (exact) mass is 1780 g/mol. The molecule has 0 spiro atoms. The Morgan fingerprint density at radius 2 is 0.658 bits per heavy atom. The fourth-order valence-electron chi connectivity index (χ4n) is 15.2. The van der Waals surface area contributed by atoms with Gasteiger partial charge in [0, 0.05) is 73.6 Å². The Labute approximate surface area is 729 Å². The van der Waals surface area contributed by atoms with Crippen LogP contribution in [0.2, 0.25) is 0 Å². The Kier molecular flexibility index (Phi) is 63.8. The molecule has 2 unspecified atom stereocenters. The molecule has 0 bridgehead atoms. The highest BCUT2D eigenvalue weighted by molar-refractivity contribution is 8.00. The second-order valence-electron chi connectivity index (χ2n) is 33.3. The summed E-state index contributed by atoms with van der Waals surface area (Å²) in [6, 6.07) is 0.615. The summed E-state index contributed by atoms with van der Waals surface area (Å²) in [6.07, 6.45) is 56.7. The third-order valence-corrected chi connectivity index (χ3v) is 27.3. The molecule has 0 aromatic carbocycles. The van der Waals surface area contributed by atoms with E-state index in [0.29, 0.717) is 62.1 Å². The number of carbonyl (C=O) groups is 8. The normalized spacial score (nSPS) is 19.2. The van der Waals surface area contributed by atoms with E-state index in [9.17, 15) is 62.4 Å². The maximum atomic E-state index is 13.2. The number of esters is 4. The summed E-state index contributed by atoms with van der Waals surface area (Å²) >= 11 is 3.78. The van der Waals surface area contributed by atoms with E-state index in [1.54, 1.807) is 0 Å². The first kappa shape index (κ1) is 108. The van der Waals surface area contributed by atoms with Gasteiger partial charge >= 0.3 is 51.6 Å². The van der Waals surface area contributed by atoms with Gasteiger partial charge in [-0.3, -0.25) is 46.9 Å². The summed E-state index contributed by atoms with van der Waals surface area (Å²) in [5.41, 5.74) is 0. The standard InChI is InChI=1S/C89H160N6O21P2S2/c1-3-5-7-9-11-13-15-17-19-21-23-27-33-39-45-59-82(99)109-67-74(115-84(101)61-47-41-35-29-25-31-37-43-53-63-90-80(97)57-51-49-55-78-86-76(71-119-78)92-88(103)94-86)69-113-117(105,106)111-65-73(96)66-112-118(107,108)114-70-75(68-110-83(100)60-46-40-34-28-24-22-20-18-16-14-12-10-8-6-4-2)116-85(102)62-48-42-36-30-26-32-38-44-54-64-91-81(98)58-52-50-56-79-87-77(72-120-79)93-89(104)95-87/h17-20,73-79,86-87,96H,3-16,21-72H2,1-2H3,(H,90,97)(H,91,98)(H,105,106)(H,107,108)(H2,92,94,103)(H2,93,95,104)/b19-17-,20-18-/t74-,75-,76+,77+,78+,79+,86+,87+/m1/s1. The highest BCUT2D eigenvalue weighted by Crippen LogP contribution is 2.46. The number of phosphoric acid groups is 2. The lowest BCUT2D eigenvalue weighted by molar-refractivity contribution is -0.161. The van der Waals surface area contributed by atoms with E-state index in [0.717, 1.165) is 230 Å². The number of ether oxygens (including phenoxy) is 4. The first-order valence-corrected chi connectivity index (χ1v) is 52.2. The molecule has 120 heavy (non-hydrogen) atoms. The van der Waals surface area contributed by atoms with Crippen LogP contribution in [0.1, 0.15) is 373 Å². The van der Waals surface area contributed by atoms with Gasteiger partial charge in [0.25, 0.3) is 0 Å². The predicted molar refractivity (Wildman–Crippen MR) is 476 cm³/mol. The Bertz CT molecular complexity index is 2730. The average molecular weight is 1780 g/mol. The number of thioether (sulfide) groups is 2. The van der Waals surface area contributed by atoms with Gasteiger partial charge in [-0.1, -0.05) is 244 Å². The molecule has 0 radical (unpaired) electrons. The zero-order chi connectivity index (χ0) is 86.6. The number of amides is 6. The summed E-state index contributed by atoms with van der Waals surface area (Å²) in [6.45, 7) is 1.53. The van der Waals surface area contributed by atoms with Gasteiger partial charge in [0.15, 0.2) is 12.2 Å². The lowest BCUT2D eigenvalue weighted by Gasteiger charge is -2.21. The highest BCUT2D eigenvalue weighted by Gasteiger charge is 2.44. The third kappa shape index (κ3) is 58.1. The van der Waals surface area contributed by atoms with E-state index in [2.05, 4.69) is 70.1 Å². The van der Waals surface area contributed by atoms with Crippen LogP contribution in [0.5, 0.6) is 0 Å². The number of aliphatic hydroxyl groups excluding tert-OH is 1. The number of rotatable bonds is 82. The lowest BCUT2D eigenvalue weighted by atomic mass is 10.0. The van der Waals surface area contributed by atoms with Gasteiger partial charge in [0.05, 0.1) is 50.6 Å². The van der Waals surface area contributed by atoms with Crippen molar-refractivity contribution in [2.75, 3.05) is 64.2 Å². The van der Waals surface area contributed by atoms with Crippen molar-refractivity contribution in [2.45, 2.75) is 426 Å². The molecular weight excluding hydrogens is 1620 g/mol. The van der Waals surface area contributed by atoms with E-state index in [1.165, 1.54) is 77.0 Å². The van der Waals surface area contributed by atoms with Gasteiger partial charge in [-0.05, 0) is 116 Å². The van der Waals surface area contributed by atoms with Gasteiger partial charge in [0.2, 0.25) is 11.8 Å². The van der Waals surface area contributed by atoms with E-state index in [-0.39, 0.29) is 73.7 Å². The van der Waals surface area contributed by atoms with Crippen molar-refractivity contribution in [1.82, 2.24) is 31.9 Å². The Morgan fingerprint density at radius 1 is 0.375 bits per heavy atom. The Balaban J connectivity index is 1.14. The van der Waals surface area contributed by atoms with Crippen LogP contribution in [0.15, 0.2) is 24.3 Å². The SMILES string of the molecule is CCCCCCCC/C=C\CCCCCCCC(=O)OC[C@H](COP(=O)(O)OCC(O)COP(=O)(O)OC[C@@H](COC(=O)CCCCCCC/C=C\CCCCCCCC)OC(=O)CCCCCCCCCCCNC(=O)CCCC[C@@H]1SC[C@@H]2NC(=O)N[C@@H]21)OC(=O)CCCCCCCCCCCNC(=O)CCCC[C@@H]1SC[C@@H]2NC(=O)N[C@@H]21. The van der Waals surface area contributed by atoms with Crippen LogP contribution >= 0.6 is 39.2 Å². The quantitative estimate of drug-likeness (QED) is 0.00682. The molecule has 6 amide bonds. The van der Waals surface area contributed by atoms with Gasteiger partial charge < -0.3 is 65.7 Å². The van der Waals surface area contributed by atoms with Crippen molar-refractivity contribution in [2.24, 2.45) is 0 Å². The molecule has 4 fully saturated rings. The molecule has 4 rings (SSSR count). The number of phosphoric ester groups is 2. The molecule has 9 N–H and O–H groups in total. The van der Waals surface area contributed by atoms with Crippen LogP contribution in [0.25, 0.3) is 0 Å². The van der Waals surface area contributed by atoms with Gasteiger partial charge in [-0.15, -0.1) is 0 Å². The summed E-state index contributed by atoms with van der Waals surface area (Å²) in [4.78, 5) is 122. The summed E-state index contributed by atoms with van der Waals surface area (Å²) in [7, 11) is -10.1. The minimum Gasteiger partial charge on any atom is -0.462 e. The maximum Gasteiger partial charge on any atom is 0.472 e. The number of fused-ring (bicyclic) bond motifs is 2. The number of carbonyl (C=O) groups excluding carboxylic acids is 8. The molecular formula is C89H160N6O21P2S2. The Morgan fingerprint density at radius 3 is 0.992 bits per heavy atom. The molecule has 4 heterocycles. The number of urea groups is 2. The van der Waals surface area contributed by atoms with Gasteiger partial charge in [0.1, 0.15) is 19.3 Å². The third-order valence-electron chi connectivity index (χ3n) is 22.4. The molecule has 4 saturated heterocycles. The molecule has 0 aromatic heterocycles. The van der Waals surface area contributed by atoms with Crippen molar-refractivity contribution in [1.29, 1.82) is 0 Å². The van der Waals surface area contributed by atoms with E-state index >= 15 is 0 Å². The Hall–Kier alpha value is -4.28. The molecule has 0 aliphatic carbocycles. The smallest absolute Gasteiger partial charge is 0.462 e. The molecule has 0 aromatic rings. The minimum atomic E-state index is -5.03. The number of unbranched alkanes of at least 4 members (excludes halogenated alkanes) is 40. The topological polar surface area (TPSA) is 377 Å². The molecule has 10 atom stereocenters. The molecule has 4 aliphatic rings. The predicted octanol–water partition coefficient (Wildman–Crippen LogP) is 19.1. The lowest BCUT2D eigenvalue weighted by Crippen LogP contribution is -2.36. The van der Waals surface area contributed by atoms with Crippen LogP contribution < -0.4 is 31.9 Å². The van der Waals surface area contributed by atoms with E-state index in [1.807, 2.05) is 23.5 Å². The van der Waals surface area contributed by atoms with Gasteiger partial charge in [-0.2, -0.15) is 23.5 Å². The number of allylic oxidation sites excluding steroid dienone is 4. The fraction of sp³-hybridized carbons (Fsp3) is 0.865. The molecule has 4 aliphatic heterocycles. The molecule has 27 nitrogen and oxygen atoms in total. The second kappa shape index (κ2) is 70.8. The van der Waals surface area contributed by atoms with Crippen LogP contribution in [0, 0.1) is 0 Å². The summed E-state index contributed by atoms with van der Waals surface area (Å²) < 4.78 is 69.0. The summed E-state index contributed by atoms with van der Waals surface area (Å²) in [5, 5.41) is 29.6. The first-order valence-electron chi connectivity index (χ1n) is 47.1. The zero-order valence-electron chi connectivity index (χ0n) is 73.6. The molecule has 0 saturated carbocycles. The van der Waals surface area contributed by atoms with Crippen molar-refractivity contribution >= 4 is 86.9 Å². The second-order valence-corrected chi connectivity index (χ2v) is 38.8. The van der Waals surface area contributed by atoms with Crippen molar-refractivity contribution in [3.8, 4) is 0 Å². The van der Waals surface area contributed by atoms with Crippen molar-refractivity contribution in [3.63, 3.8) is 0 Å². The van der Waals surface area contributed by atoms with Gasteiger partial charge in [-0.25, -0.2) is 18.7 Å². The van der Waals surface area contributed by atoms with Crippen LogP contribution in [0.4, 0.5) is 9.59 Å². The van der Waals surface area contributed by atoms with E-state index in [4.69, 9.17) is 37.0 Å². The van der Waals surface area contributed by atoms with E-state index < -0.39 is 97.5 Å². The number of hydrogen-bond acceptors (Lipinski definition) is 21. The minimum absolute atomic E-state index is 0.0425. The average Bonchev–Trinajstić information content (AvgIpc) is 1.67. The van der Waals surface area contributed by atoms with Crippen LogP contribution in [-0.2, 0) is 74.9 Å².